The molecule has 0 N–H and O–H groups in total. The van der Waals surface area contributed by atoms with Gasteiger partial charge in [0, 0.05) is 17.2 Å². The molecular weight excluding hydrogens is 406 g/mol. The highest BCUT2D eigenvalue weighted by Gasteiger charge is 2.15. The molecule has 5 nitrogen and oxygen atoms in total. The molecule has 0 saturated heterocycles. The van der Waals surface area contributed by atoms with E-state index in [2.05, 4.69) is 0 Å². The Morgan fingerprint density at radius 2 is 1.81 bits per heavy atom. The van der Waals surface area contributed by atoms with Crippen LogP contribution in [0.4, 0.5) is 8.78 Å². The van der Waals surface area contributed by atoms with Crippen LogP contribution >= 0.6 is 0 Å². The quantitative estimate of drug-likeness (QED) is 0.387. The average Bonchev–Trinajstić information content (AvgIpc) is 3.25. The maximum absolute atomic E-state index is 13.8. The Labute approximate surface area is 177 Å². The Morgan fingerprint density at radius 1 is 1.00 bits per heavy atom. The Balaban J connectivity index is 1.49. The number of hydrogen-bond donors (Lipinski definition) is 0. The van der Waals surface area contributed by atoms with Gasteiger partial charge in [0.2, 0.25) is 6.79 Å². The molecule has 1 aliphatic rings. The summed E-state index contributed by atoms with van der Waals surface area (Å²) < 4.78 is 48.2. The average molecular weight is 424 g/mol. The predicted octanol–water partition coefficient (Wildman–Crippen LogP) is 5.18. The molecule has 3 aromatic rings. The molecule has 1 aliphatic heterocycles. The largest absolute Gasteiger partial charge is 0.496 e. The summed E-state index contributed by atoms with van der Waals surface area (Å²) in [6.07, 6.45) is 3.11. The van der Waals surface area contributed by atoms with Gasteiger partial charge in [-0.15, -0.1) is 0 Å². The van der Waals surface area contributed by atoms with Gasteiger partial charge < -0.3 is 18.9 Å². The minimum atomic E-state index is -0.788. The van der Waals surface area contributed by atoms with Gasteiger partial charge in [0.1, 0.15) is 18.2 Å². The second kappa shape index (κ2) is 8.87. The molecule has 0 amide bonds. The molecule has 3 aromatic carbocycles. The lowest BCUT2D eigenvalue weighted by Gasteiger charge is -2.12. The summed E-state index contributed by atoms with van der Waals surface area (Å²) in [4.78, 5) is 12.5. The monoisotopic (exact) mass is 424 g/mol. The zero-order chi connectivity index (χ0) is 21.8. The standard InChI is InChI=1S/C24H18F2O5/c1-28-21-7-3-15(10-17(21)13-29-22-9-5-18(25)12-19(22)26)2-6-20(27)16-4-8-23-24(11-16)31-14-30-23/h2-12H,13-14H2,1H3/b6-2+. The molecule has 0 spiro atoms. The van der Waals surface area contributed by atoms with Crippen LogP contribution in [0.5, 0.6) is 23.0 Å². The SMILES string of the molecule is COc1ccc(/C=C/C(=O)c2ccc3c(c2)OCO3)cc1COc1ccc(F)cc1F. The lowest BCUT2D eigenvalue weighted by atomic mass is 10.1. The normalized spacial score (nSPS) is 12.2. The van der Waals surface area contributed by atoms with E-state index in [-0.39, 0.29) is 24.9 Å². The molecule has 0 unspecified atom stereocenters. The Kier molecular flexibility index (Phi) is 5.84. The Morgan fingerprint density at radius 3 is 2.61 bits per heavy atom. The van der Waals surface area contributed by atoms with E-state index in [1.54, 1.807) is 42.5 Å². The number of fused-ring (bicyclic) bond motifs is 1. The van der Waals surface area contributed by atoms with Crippen molar-refractivity contribution in [3.8, 4) is 23.0 Å². The second-order valence-electron chi connectivity index (χ2n) is 6.70. The molecule has 0 saturated carbocycles. The zero-order valence-corrected chi connectivity index (χ0v) is 16.6. The third-order valence-electron chi connectivity index (χ3n) is 4.67. The molecule has 0 bridgehead atoms. The second-order valence-corrected chi connectivity index (χ2v) is 6.70. The number of rotatable bonds is 7. The molecule has 0 aromatic heterocycles. The summed E-state index contributed by atoms with van der Waals surface area (Å²) in [5.41, 5.74) is 1.85. The summed E-state index contributed by atoms with van der Waals surface area (Å²) in [5.74, 6) is -0.0374. The van der Waals surface area contributed by atoms with Crippen molar-refractivity contribution in [3.63, 3.8) is 0 Å². The van der Waals surface area contributed by atoms with Crippen LogP contribution in [-0.2, 0) is 6.61 Å². The first kappa shape index (κ1) is 20.4. The van der Waals surface area contributed by atoms with Crippen LogP contribution in [0.1, 0.15) is 21.5 Å². The van der Waals surface area contributed by atoms with Gasteiger partial charge in [-0.1, -0.05) is 12.1 Å². The number of carbonyl (C=O) groups is 1. The molecule has 0 aliphatic carbocycles. The van der Waals surface area contributed by atoms with Crippen LogP contribution in [-0.4, -0.2) is 19.7 Å². The highest BCUT2D eigenvalue weighted by atomic mass is 19.1. The molecule has 0 atom stereocenters. The van der Waals surface area contributed by atoms with Crippen molar-refractivity contribution in [2.75, 3.05) is 13.9 Å². The van der Waals surface area contributed by atoms with E-state index in [0.717, 1.165) is 17.7 Å². The predicted molar refractivity (Wildman–Crippen MR) is 110 cm³/mol. The summed E-state index contributed by atoms with van der Waals surface area (Å²) >= 11 is 0. The fraction of sp³-hybridized carbons (Fsp3) is 0.125. The number of hydrogen-bond acceptors (Lipinski definition) is 5. The van der Waals surface area contributed by atoms with Gasteiger partial charge in [0.25, 0.3) is 0 Å². The number of methoxy groups -OCH3 is 1. The van der Waals surface area contributed by atoms with Crippen LogP contribution in [0.2, 0.25) is 0 Å². The number of ether oxygens (including phenoxy) is 4. The third kappa shape index (κ3) is 4.66. The fourth-order valence-electron chi connectivity index (χ4n) is 3.08. The first-order chi connectivity index (χ1) is 15.0. The molecule has 7 heteroatoms. The summed E-state index contributed by atoms with van der Waals surface area (Å²) in [6, 6.07) is 13.4. The molecule has 4 rings (SSSR count). The summed E-state index contributed by atoms with van der Waals surface area (Å²) in [7, 11) is 1.51. The highest BCUT2D eigenvalue weighted by molar-refractivity contribution is 6.07. The van der Waals surface area contributed by atoms with Gasteiger partial charge in [0.15, 0.2) is 28.8 Å². The van der Waals surface area contributed by atoms with Crippen LogP contribution in [0.15, 0.2) is 60.7 Å². The van der Waals surface area contributed by atoms with Crippen molar-refractivity contribution in [2.24, 2.45) is 0 Å². The van der Waals surface area contributed by atoms with Crippen molar-refractivity contribution < 1.29 is 32.5 Å². The minimum Gasteiger partial charge on any atom is -0.496 e. The molecule has 0 fully saturated rings. The molecule has 1 heterocycles. The van der Waals surface area contributed by atoms with Crippen molar-refractivity contribution in [3.05, 3.63) is 89.0 Å². The van der Waals surface area contributed by atoms with E-state index >= 15 is 0 Å². The van der Waals surface area contributed by atoms with Gasteiger partial charge in [-0.25, -0.2) is 8.78 Å². The van der Waals surface area contributed by atoms with Crippen molar-refractivity contribution in [2.45, 2.75) is 6.61 Å². The van der Waals surface area contributed by atoms with Gasteiger partial charge in [-0.3, -0.25) is 4.79 Å². The van der Waals surface area contributed by atoms with Crippen LogP contribution < -0.4 is 18.9 Å². The first-order valence-electron chi connectivity index (χ1n) is 9.40. The Hall–Kier alpha value is -3.87. The van der Waals surface area contributed by atoms with E-state index < -0.39 is 11.6 Å². The number of halogens is 2. The maximum atomic E-state index is 13.8. The topological polar surface area (TPSA) is 54.0 Å². The van der Waals surface area contributed by atoms with Gasteiger partial charge in [-0.2, -0.15) is 0 Å². The lowest BCUT2D eigenvalue weighted by Crippen LogP contribution is -2.01. The smallest absolute Gasteiger partial charge is 0.231 e. The van der Waals surface area contributed by atoms with Crippen molar-refractivity contribution >= 4 is 11.9 Å². The Bertz CT molecular complexity index is 1160. The number of benzene rings is 3. The van der Waals surface area contributed by atoms with E-state index in [9.17, 15) is 13.6 Å². The van der Waals surface area contributed by atoms with E-state index in [1.807, 2.05) is 0 Å². The van der Waals surface area contributed by atoms with Crippen molar-refractivity contribution in [1.29, 1.82) is 0 Å². The van der Waals surface area contributed by atoms with Gasteiger partial charge in [0.05, 0.1) is 7.11 Å². The van der Waals surface area contributed by atoms with E-state index in [4.69, 9.17) is 18.9 Å². The lowest BCUT2D eigenvalue weighted by molar-refractivity contribution is 0.104. The van der Waals surface area contributed by atoms with E-state index in [1.165, 1.54) is 19.3 Å². The molecule has 31 heavy (non-hydrogen) atoms. The van der Waals surface area contributed by atoms with Crippen LogP contribution in [0.3, 0.4) is 0 Å². The van der Waals surface area contributed by atoms with E-state index in [0.29, 0.717) is 28.4 Å². The maximum Gasteiger partial charge on any atom is 0.231 e. The molecular formula is C24H18F2O5. The summed E-state index contributed by atoms with van der Waals surface area (Å²) in [5, 5.41) is 0. The van der Waals surface area contributed by atoms with Crippen LogP contribution in [0, 0.1) is 11.6 Å². The van der Waals surface area contributed by atoms with Crippen molar-refractivity contribution in [1.82, 2.24) is 0 Å². The van der Waals surface area contributed by atoms with Gasteiger partial charge >= 0.3 is 0 Å². The first-order valence-corrected chi connectivity index (χ1v) is 9.40. The molecule has 158 valence electrons. The zero-order valence-electron chi connectivity index (χ0n) is 16.6. The summed E-state index contributed by atoms with van der Waals surface area (Å²) in [6.45, 7) is 0.144. The fourth-order valence-corrected chi connectivity index (χ4v) is 3.08. The van der Waals surface area contributed by atoms with Crippen LogP contribution in [0.25, 0.3) is 6.08 Å². The third-order valence-corrected chi connectivity index (χ3v) is 4.67. The molecule has 0 radical (unpaired) electrons. The number of carbonyl (C=O) groups excluding carboxylic acids is 1. The minimum absolute atomic E-state index is 0.00349. The highest BCUT2D eigenvalue weighted by Crippen LogP contribution is 2.32. The van der Waals surface area contributed by atoms with Gasteiger partial charge in [-0.05, 0) is 54.1 Å². The number of ketones is 1. The number of allylic oxidation sites excluding steroid dienone is 1.